The van der Waals surface area contributed by atoms with E-state index in [1.807, 2.05) is 0 Å². The smallest absolute Gasteiger partial charge is 0.283 e. The molecule has 1 unspecified atom stereocenters. The Morgan fingerprint density at radius 3 is 2.63 bits per heavy atom. The minimum Gasteiger partial charge on any atom is -0.465 e. The highest BCUT2D eigenvalue weighted by atomic mass is 19.1. The van der Waals surface area contributed by atoms with Crippen LogP contribution in [0.25, 0.3) is 11.3 Å². The quantitative estimate of drug-likeness (QED) is 0.388. The molecule has 0 bridgehead atoms. The predicted octanol–water partition coefficient (Wildman–Crippen LogP) is 4.29. The first-order valence-electron chi connectivity index (χ1n) is 11.4. The van der Waals surface area contributed by atoms with E-state index in [-0.39, 0.29) is 47.5 Å². The summed E-state index contributed by atoms with van der Waals surface area (Å²) in [5.74, 6) is -2.55. The van der Waals surface area contributed by atoms with Gasteiger partial charge in [-0.25, -0.2) is 23.7 Å². The zero-order chi connectivity index (χ0) is 26.4. The number of nitrogens with two attached hydrogens (primary N) is 1. The topological polar surface area (TPSA) is 125 Å². The Morgan fingerprint density at radius 2 is 1.87 bits per heavy atom. The van der Waals surface area contributed by atoms with Crippen LogP contribution in [0.15, 0.2) is 66.0 Å². The molecule has 9 nitrogen and oxygen atoms in total. The highest BCUT2D eigenvalue weighted by molar-refractivity contribution is 6.03. The average molecular weight is 518 g/mol. The Balaban J connectivity index is 1.48. The number of amides is 1. The summed E-state index contributed by atoms with van der Waals surface area (Å²) in [7, 11) is 0. The molecule has 1 amide bonds. The van der Waals surface area contributed by atoms with Crippen molar-refractivity contribution in [2.75, 3.05) is 11.9 Å². The van der Waals surface area contributed by atoms with Crippen LogP contribution in [0.2, 0.25) is 0 Å². The highest BCUT2D eigenvalue weighted by Crippen LogP contribution is 2.53. The fraction of sp³-hybridized carbons (Fsp3) is 0.115. The van der Waals surface area contributed by atoms with Crippen LogP contribution in [-0.4, -0.2) is 33.5 Å². The van der Waals surface area contributed by atoms with Gasteiger partial charge in [0.1, 0.15) is 28.6 Å². The van der Waals surface area contributed by atoms with Crippen LogP contribution < -0.4 is 15.8 Å². The van der Waals surface area contributed by atoms with Gasteiger partial charge in [-0.15, -0.1) is 0 Å². The number of amidine groups is 1. The first-order chi connectivity index (χ1) is 18.3. The van der Waals surface area contributed by atoms with Crippen molar-refractivity contribution in [3.8, 4) is 22.8 Å². The predicted molar refractivity (Wildman–Crippen MR) is 129 cm³/mol. The molecule has 0 fully saturated rings. The summed E-state index contributed by atoms with van der Waals surface area (Å²) in [4.78, 5) is 28.9. The number of aliphatic imine (C=N–C) groups is 1. The zero-order valence-electron chi connectivity index (χ0n) is 19.4. The van der Waals surface area contributed by atoms with Crippen LogP contribution in [0.5, 0.6) is 11.5 Å². The largest absolute Gasteiger partial charge is 0.465 e. The van der Waals surface area contributed by atoms with Crippen molar-refractivity contribution in [1.29, 1.82) is 0 Å². The number of halogens is 3. The second kappa shape index (κ2) is 8.83. The lowest BCUT2D eigenvalue weighted by atomic mass is 9.77. The fourth-order valence-electron chi connectivity index (χ4n) is 4.56. The van der Waals surface area contributed by atoms with Gasteiger partial charge < -0.3 is 20.5 Å². The van der Waals surface area contributed by atoms with Gasteiger partial charge in [0, 0.05) is 35.0 Å². The van der Waals surface area contributed by atoms with Crippen molar-refractivity contribution in [3.05, 3.63) is 95.5 Å². The second-order valence-corrected chi connectivity index (χ2v) is 8.60. The van der Waals surface area contributed by atoms with E-state index in [4.69, 9.17) is 15.2 Å². The maximum atomic E-state index is 15.4. The number of pyridine rings is 3. The number of nitrogens with zero attached hydrogens (tertiary/aromatic N) is 4. The van der Waals surface area contributed by atoms with E-state index in [0.717, 1.165) is 18.5 Å². The summed E-state index contributed by atoms with van der Waals surface area (Å²) in [6.45, 7) is 0.158. The van der Waals surface area contributed by atoms with Crippen LogP contribution >= 0.6 is 0 Å². The van der Waals surface area contributed by atoms with E-state index in [9.17, 15) is 13.6 Å². The number of fused-ring (bicyclic) bond motifs is 4. The molecule has 1 atom stereocenters. The molecular weight excluding hydrogens is 501 g/mol. The van der Waals surface area contributed by atoms with Crippen molar-refractivity contribution in [2.45, 2.75) is 12.0 Å². The van der Waals surface area contributed by atoms with Crippen molar-refractivity contribution in [2.24, 2.45) is 10.7 Å². The monoisotopic (exact) mass is 518 g/mol. The number of nitrogens with one attached hydrogen (secondary N) is 1. The maximum Gasteiger partial charge on any atom is 0.283 e. The summed E-state index contributed by atoms with van der Waals surface area (Å²) >= 11 is 0. The Labute approximate surface area is 213 Å². The van der Waals surface area contributed by atoms with E-state index < -0.39 is 29.0 Å². The lowest BCUT2D eigenvalue weighted by Gasteiger charge is -2.39. The van der Waals surface area contributed by atoms with E-state index >= 15 is 4.39 Å². The number of ether oxygens (including phenoxy) is 2. The molecule has 2 aliphatic rings. The molecule has 3 aromatic heterocycles. The van der Waals surface area contributed by atoms with Gasteiger partial charge in [-0.3, -0.25) is 9.78 Å². The van der Waals surface area contributed by atoms with E-state index in [0.29, 0.717) is 16.8 Å². The van der Waals surface area contributed by atoms with Gasteiger partial charge in [-0.1, -0.05) is 0 Å². The molecule has 0 saturated heterocycles. The van der Waals surface area contributed by atoms with E-state index in [2.05, 4.69) is 25.3 Å². The van der Waals surface area contributed by atoms with E-state index in [1.54, 1.807) is 24.3 Å². The van der Waals surface area contributed by atoms with Gasteiger partial charge in [0.2, 0.25) is 0 Å². The minimum atomic E-state index is -1.26. The van der Waals surface area contributed by atoms with Gasteiger partial charge in [0.05, 0.1) is 24.7 Å². The number of carbonyl (C=O) groups is 1. The molecule has 6 rings (SSSR count). The third-order valence-electron chi connectivity index (χ3n) is 6.25. The van der Waals surface area contributed by atoms with Crippen LogP contribution in [0.3, 0.4) is 0 Å². The van der Waals surface area contributed by atoms with Crippen molar-refractivity contribution in [3.63, 3.8) is 0 Å². The third kappa shape index (κ3) is 3.95. The Bertz CT molecular complexity index is 1630. The van der Waals surface area contributed by atoms with Gasteiger partial charge in [0.25, 0.3) is 17.9 Å². The first-order valence-corrected chi connectivity index (χ1v) is 11.4. The molecule has 5 heterocycles. The normalized spacial score (nSPS) is 17.5. The fourth-order valence-corrected chi connectivity index (χ4v) is 4.56. The van der Waals surface area contributed by atoms with E-state index in [1.165, 1.54) is 18.3 Å². The Hall–Kier alpha value is -5.00. The summed E-state index contributed by atoms with van der Waals surface area (Å²) in [6.07, 6.45) is 3.58. The molecule has 190 valence electrons. The van der Waals surface area contributed by atoms with Gasteiger partial charge in [-0.2, -0.15) is 4.39 Å². The summed E-state index contributed by atoms with van der Waals surface area (Å²) in [6, 6.07) is 9.74. The zero-order valence-corrected chi connectivity index (χ0v) is 19.4. The van der Waals surface area contributed by atoms with Gasteiger partial charge in [0.15, 0.2) is 5.75 Å². The lowest BCUT2D eigenvalue weighted by Crippen LogP contribution is -2.39. The average Bonchev–Trinajstić information content (AvgIpc) is 2.90. The summed E-state index contributed by atoms with van der Waals surface area (Å²) in [5.41, 5.74) is 6.23. The molecule has 38 heavy (non-hydrogen) atoms. The van der Waals surface area contributed by atoms with Crippen molar-refractivity contribution >= 4 is 17.6 Å². The molecule has 0 aliphatic carbocycles. The summed E-state index contributed by atoms with van der Waals surface area (Å²) < 4.78 is 53.7. The first kappa shape index (κ1) is 23.4. The number of anilines is 1. The van der Waals surface area contributed by atoms with Crippen molar-refractivity contribution in [1.82, 2.24) is 15.0 Å². The number of hydrogen-bond donors (Lipinski definition) is 2. The molecule has 1 aromatic carbocycles. The molecule has 3 N–H and O–H groups in total. The lowest BCUT2D eigenvalue weighted by molar-refractivity contribution is 0.102. The number of benzene rings is 1. The third-order valence-corrected chi connectivity index (χ3v) is 6.25. The number of hydrogen-bond acceptors (Lipinski definition) is 8. The Kier molecular flexibility index (Phi) is 5.44. The number of aromatic nitrogens is 3. The SMILES string of the molecule is NC1=NC2(CCO1)c1cc(NC(=O)c3ccc(F)cn3)ccc1Oc1c2cc(-c2cncc(F)c2)nc1F. The molecule has 1 spiro atoms. The Morgan fingerprint density at radius 1 is 1.00 bits per heavy atom. The minimum absolute atomic E-state index is 0.00949. The van der Waals surface area contributed by atoms with Crippen LogP contribution in [0, 0.1) is 17.6 Å². The number of rotatable bonds is 3. The van der Waals surface area contributed by atoms with Crippen LogP contribution in [0.1, 0.15) is 28.0 Å². The summed E-state index contributed by atoms with van der Waals surface area (Å²) in [5, 5.41) is 2.71. The molecule has 2 aliphatic heterocycles. The van der Waals surface area contributed by atoms with Gasteiger partial charge in [-0.05, 0) is 42.5 Å². The molecular formula is C26H17F3N6O3. The maximum absolute atomic E-state index is 15.4. The molecule has 0 radical (unpaired) electrons. The molecule has 12 heteroatoms. The molecule has 0 saturated carbocycles. The standard InChI is InChI=1S/C26H17F3N6O3/c27-14-1-3-19(32-12-14)24(36)33-16-2-4-21-17(8-16)26(5-6-37-25(30)35-26)18-9-20(34-23(29)22(18)38-21)13-7-15(28)11-31-10-13/h1-4,7-12H,5-6H2,(H2,30,35)(H,33,36). The van der Waals surface area contributed by atoms with Gasteiger partial charge >= 0.3 is 0 Å². The highest BCUT2D eigenvalue weighted by Gasteiger charge is 2.46. The second-order valence-electron chi connectivity index (χ2n) is 8.60. The van der Waals surface area contributed by atoms with Crippen LogP contribution in [0.4, 0.5) is 18.9 Å². The van der Waals surface area contributed by atoms with Crippen molar-refractivity contribution < 1.29 is 27.4 Å². The molecule has 4 aromatic rings. The number of carbonyl (C=O) groups excluding carboxylic acids is 1. The van der Waals surface area contributed by atoms with Crippen LogP contribution in [-0.2, 0) is 10.3 Å².